The van der Waals surface area contributed by atoms with Gasteiger partial charge >= 0.3 is 5.97 Å². The van der Waals surface area contributed by atoms with Crippen molar-refractivity contribution in [3.8, 4) is 0 Å². The number of aromatic carboxylic acids is 1. The normalized spacial score (nSPS) is 9.55. The highest BCUT2D eigenvalue weighted by Gasteiger charge is 2.16. The first-order valence-electron chi connectivity index (χ1n) is 2.54. The summed E-state index contributed by atoms with van der Waals surface area (Å²) < 4.78 is 3.56. The van der Waals surface area contributed by atoms with Crippen LogP contribution in [0.5, 0.6) is 0 Å². The van der Waals surface area contributed by atoms with Gasteiger partial charge in [-0.25, -0.2) is 4.79 Å². The molecule has 11 heavy (non-hydrogen) atoms. The van der Waals surface area contributed by atoms with Crippen molar-refractivity contribution in [2.75, 3.05) is 0 Å². The van der Waals surface area contributed by atoms with Crippen LogP contribution in [0.4, 0.5) is 0 Å². The van der Waals surface area contributed by atoms with Gasteiger partial charge in [0, 0.05) is 0 Å². The number of aromatic nitrogens is 1. The molecule has 0 amide bonds. The van der Waals surface area contributed by atoms with Gasteiger partial charge in [-0.15, -0.1) is 0 Å². The molecule has 1 N–H and O–H groups in total. The fourth-order valence-electron chi connectivity index (χ4n) is 0.546. The Kier molecular flexibility index (Phi) is 2.25. The lowest BCUT2D eigenvalue weighted by molar-refractivity contribution is 0.0694. The molecule has 0 aliphatic rings. The van der Waals surface area contributed by atoms with E-state index in [4.69, 9.17) is 5.11 Å². The monoisotopic (exact) mass is 189 g/mol. The van der Waals surface area contributed by atoms with E-state index in [1.807, 2.05) is 0 Å². The van der Waals surface area contributed by atoms with Gasteiger partial charge < -0.3 is 5.11 Å². The minimum Gasteiger partial charge on any atom is -0.478 e. The number of nitrogens with zero attached hydrogens (tertiary/aromatic N) is 1. The van der Waals surface area contributed by atoms with Gasteiger partial charge in [0.1, 0.15) is 10.4 Å². The lowest BCUT2D eigenvalue weighted by atomic mass is 10.3. The molecule has 0 aliphatic heterocycles. The summed E-state index contributed by atoms with van der Waals surface area (Å²) in [5.74, 6) is -1.16. The first-order chi connectivity index (χ1) is 5.13. The quantitative estimate of drug-likeness (QED) is 0.678. The molecule has 0 radical (unpaired) electrons. The van der Waals surface area contributed by atoms with Gasteiger partial charge in [0.05, 0.1) is 6.20 Å². The number of carboxylic acid groups (broad SMARTS) is 1. The maximum atomic E-state index is 10.6. The van der Waals surface area contributed by atoms with E-state index in [9.17, 15) is 9.59 Å². The molecule has 1 aromatic heterocycles. The SMILES string of the molecule is O=C(O)c1cnsc1C(=O)S. The average Bonchev–Trinajstić information content (AvgIpc) is 2.32. The van der Waals surface area contributed by atoms with Crippen LogP contribution in [0.1, 0.15) is 20.0 Å². The Morgan fingerprint density at radius 3 is 2.64 bits per heavy atom. The number of carboxylic acids is 1. The van der Waals surface area contributed by atoms with Gasteiger partial charge in [-0.2, -0.15) is 4.37 Å². The fourth-order valence-corrected chi connectivity index (χ4v) is 1.37. The summed E-state index contributed by atoms with van der Waals surface area (Å²) in [5, 5.41) is 7.92. The van der Waals surface area contributed by atoms with Crippen molar-refractivity contribution in [3.63, 3.8) is 0 Å². The molecule has 0 bridgehead atoms. The summed E-state index contributed by atoms with van der Waals surface area (Å²) in [4.78, 5) is 21.0. The summed E-state index contributed by atoms with van der Waals surface area (Å²) in [6, 6.07) is 0. The molecule has 0 saturated heterocycles. The van der Waals surface area contributed by atoms with E-state index in [2.05, 4.69) is 17.0 Å². The standard InChI is InChI=1S/C5H3NO3S2/c7-4(8)2-1-6-11-3(2)5(9)10/h1H,(H,7,8)(H,9,10). The molecule has 0 aliphatic carbocycles. The van der Waals surface area contributed by atoms with Crippen LogP contribution in [0.2, 0.25) is 0 Å². The Morgan fingerprint density at radius 2 is 2.27 bits per heavy atom. The first-order valence-corrected chi connectivity index (χ1v) is 3.76. The van der Waals surface area contributed by atoms with Crippen LogP contribution in [0, 0.1) is 0 Å². The summed E-state index contributed by atoms with van der Waals surface area (Å²) in [5.41, 5.74) is -0.0880. The largest absolute Gasteiger partial charge is 0.478 e. The van der Waals surface area contributed by atoms with Crippen molar-refractivity contribution in [2.45, 2.75) is 0 Å². The van der Waals surface area contributed by atoms with Crippen molar-refractivity contribution in [2.24, 2.45) is 0 Å². The van der Waals surface area contributed by atoms with Gasteiger partial charge in [0.15, 0.2) is 0 Å². The Balaban J connectivity index is 3.16. The maximum absolute atomic E-state index is 10.6. The van der Waals surface area contributed by atoms with E-state index >= 15 is 0 Å². The van der Waals surface area contributed by atoms with E-state index < -0.39 is 11.1 Å². The van der Waals surface area contributed by atoms with E-state index in [0.29, 0.717) is 0 Å². The van der Waals surface area contributed by atoms with Crippen molar-refractivity contribution < 1.29 is 14.7 Å². The molecular weight excluding hydrogens is 186 g/mol. The van der Waals surface area contributed by atoms with Crippen LogP contribution >= 0.6 is 24.2 Å². The second-order valence-corrected chi connectivity index (χ2v) is 2.89. The van der Waals surface area contributed by atoms with Crippen molar-refractivity contribution in [1.29, 1.82) is 0 Å². The topological polar surface area (TPSA) is 67.3 Å². The second-order valence-electron chi connectivity index (χ2n) is 1.68. The zero-order valence-corrected chi connectivity index (χ0v) is 6.85. The molecule has 0 fully saturated rings. The molecule has 4 nitrogen and oxygen atoms in total. The third kappa shape index (κ3) is 1.58. The van der Waals surface area contributed by atoms with Crippen LogP contribution in [-0.4, -0.2) is 20.6 Å². The van der Waals surface area contributed by atoms with Crippen LogP contribution in [0.15, 0.2) is 6.20 Å². The van der Waals surface area contributed by atoms with Crippen LogP contribution in [0.3, 0.4) is 0 Å². The lowest BCUT2D eigenvalue weighted by Gasteiger charge is -1.88. The Hall–Kier alpha value is -0.880. The molecule has 0 unspecified atom stereocenters. The van der Waals surface area contributed by atoms with E-state index in [1.54, 1.807) is 0 Å². The summed E-state index contributed by atoms with van der Waals surface area (Å²) in [6.07, 6.45) is 1.14. The minimum absolute atomic E-state index is 0.0702. The number of carbonyl (C=O) groups is 2. The third-order valence-corrected chi connectivity index (χ3v) is 2.17. The van der Waals surface area contributed by atoms with E-state index in [1.165, 1.54) is 0 Å². The smallest absolute Gasteiger partial charge is 0.338 e. The Labute approximate surface area is 71.4 Å². The van der Waals surface area contributed by atoms with Gasteiger partial charge in [-0.3, -0.25) is 4.79 Å². The number of hydrogen-bond donors (Lipinski definition) is 2. The molecule has 1 heterocycles. The zero-order valence-electron chi connectivity index (χ0n) is 5.14. The highest BCUT2D eigenvalue weighted by atomic mass is 32.1. The highest BCUT2D eigenvalue weighted by Crippen LogP contribution is 2.15. The van der Waals surface area contributed by atoms with Crippen LogP contribution in [-0.2, 0) is 0 Å². The predicted molar refractivity (Wildman–Crippen MR) is 42.4 cm³/mol. The van der Waals surface area contributed by atoms with Crippen LogP contribution < -0.4 is 0 Å². The first kappa shape index (κ1) is 8.22. The maximum Gasteiger partial charge on any atom is 0.338 e. The fraction of sp³-hybridized carbons (Fsp3) is 0. The molecule has 1 aromatic rings. The molecule has 58 valence electrons. The molecule has 0 spiro atoms. The highest BCUT2D eigenvalue weighted by molar-refractivity contribution is 7.97. The molecule has 0 atom stereocenters. The summed E-state index contributed by atoms with van der Waals surface area (Å²) >= 11 is 4.32. The van der Waals surface area contributed by atoms with Gasteiger partial charge in [-0.05, 0) is 11.5 Å². The van der Waals surface area contributed by atoms with Crippen molar-refractivity contribution in [1.82, 2.24) is 4.37 Å². The van der Waals surface area contributed by atoms with E-state index in [0.717, 1.165) is 17.7 Å². The summed E-state index contributed by atoms with van der Waals surface area (Å²) in [6.45, 7) is 0. The number of thiol groups is 1. The predicted octanol–water partition coefficient (Wildman–Crippen LogP) is 0.911. The second kappa shape index (κ2) is 3.02. The zero-order chi connectivity index (χ0) is 8.43. The van der Waals surface area contributed by atoms with Crippen molar-refractivity contribution >= 4 is 35.2 Å². The molecule has 0 saturated carbocycles. The number of hydrogen-bond acceptors (Lipinski definition) is 4. The van der Waals surface area contributed by atoms with Crippen LogP contribution in [0.25, 0.3) is 0 Å². The minimum atomic E-state index is -1.16. The molecule has 6 heteroatoms. The molecular formula is C5H3NO3S2. The summed E-state index contributed by atoms with van der Waals surface area (Å²) in [7, 11) is 0. The van der Waals surface area contributed by atoms with Gasteiger partial charge in [0.25, 0.3) is 0 Å². The van der Waals surface area contributed by atoms with E-state index in [-0.39, 0.29) is 10.4 Å². The number of carbonyl (C=O) groups excluding carboxylic acids is 1. The molecule has 0 aromatic carbocycles. The van der Waals surface area contributed by atoms with Gasteiger partial charge in [0.2, 0.25) is 5.12 Å². The number of rotatable bonds is 2. The van der Waals surface area contributed by atoms with Crippen molar-refractivity contribution in [3.05, 3.63) is 16.6 Å². The molecule has 1 rings (SSSR count). The Bertz CT molecular complexity index is 278. The van der Waals surface area contributed by atoms with Gasteiger partial charge in [-0.1, -0.05) is 12.6 Å². The lowest BCUT2D eigenvalue weighted by Crippen LogP contribution is -1.99. The average molecular weight is 189 g/mol. The Morgan fingerprint density at radius 1 is 1.64 bits per heavy atom. The third-order valence-electron chi connectivity index (χ3n) is 0.995.